The van der Waals surface area contributed by atoms with E-state index in [1.165, 1.54) is 24.3 Å². The van der Waals surface area contributed by atoms with E-state index in [2.05, 4.69) is 15.8 Å². The molecule has 4 N–H and O–H groups in total. The number of aliphatic carboxylic acids is 1. The summed E-state index contributed by atoms with van der Waals surface area (Å²) in [7, 11) is -4.05. The molecule has 12 heteroatoms. The number of aromatic nitrogens is 1. The SMILES string of the molecule is Cc1ccccc1S(=O)(=O)NC(=O)Nc1ccc(-c2cc(C(=O)N[C@H](C(=O)O)C(C)C)on2)cc1. The predicted octanol–water partition coefficient (Wildman–Crippen LogP) is 3.00. The zero-order valence-electron chi connectivity index (χ0n) is 19.1. The van der Waals surface area contributed by atoms with Crippen LogP contribution >= 0.6 is 0 Å². The fourth-order valence-corrected chi connectivity index (χ4v) is 4.31. The average molecular weight is 501 g/mol. The van der Waals surface area contributed by atoms with E-state index >= 15 is 0 Å². The van der Waals surface area contributed by atoms with E-state index in [0.29, 0.717) is 22.5 Å². The molecule has 3 aromatic rings. The van der Waals surface area contributed by atoms with Crippen molar-refractivity contribution in [2.75, 3.05) is 5.32 Å². The molecule has 0 radical (unpaired) electrons. The maximum Gasteiger partial charge on any atom is 0.333 e. The first-order chi connectivity index (χ1) is 16.5. The van der Waals surface area contributed by atoms with Gasteiger partial charge in [0.1, 0.15) is 11.7 Å². The number of amides is 3. The van der Waals surface area contributed by atoms with Gasteiger partial charge >= 0.3 is 12.0 Å². The van der Waals surface area contributed by atoms with E-state index in [4.69, 9.17) is 4.52 Å². The Hall–Kier alpha value is -4.19. The summed E-state index contributed by atoms with van der Waals surface area (Å²) in [5.74, 6) is -2.36. The average Bonchev–Trinajstić information content (AvgIpc) is 3.27. The predicted molar refractivity (Wildman–Crippen MR) is 126 cm³/mol. The summed E-state index contributed by atoms with van der Waals surface area (Å²) in [5, 5.41) is 17.9. The summed E-state index contributed by atoms with van der Waals surface area (Å²) < 4.78 is 31.9. The highest BCUT2D eigenvalue weighted by atomic mass is 32.2. The standard InChI is InChI=1S/C23H24N4O7S/c1-13(2)20(22(29)30)25-21(28)18-12-17(26-34-18)15-8-10-16(11-9-15)24-23(31)27-35(32,33)19-7-5-4-6-14(19)3/h4-13,20H,1-3H3,(H,25,28)(H,29,30)(H2,24,27,31)/t20-/m0/s1. The molecule has 0 unspecified atom stereocenters. The zero-order valence-corrected chi connectivity index (χ0v) is 19.9. The number of rotatable bonds is 8. The molecule has 11 nitrogen and oxygen atoms in total. The third kappa shape index (κ3) is 6.23. The van der Waals surface area contributed by atoms with Gasteiger partial charge in [-0.2, -0.15) is 0 Å². The lowest BCUT2D eigenvalue weighted by Crippen LogP contribution is -2.44. The summed E-state index contributed by atoms with van der Waals surface area (Å²) in [4.78, 5) is 35.8. The smallest absolute Gasteiger partial charge is 0.333 e. The van der Waals surface area contributed by atoms with E-state index in [-0.39, 0.29) is 16.6 Å². The first-order valence-electron chi connectivity index (χ1n) is 10.5. The van der Waals surface area contributed by atoms with Gasteiger partial charge in [-0.3, -0.25) is 4.79 Å². The molecule has 2 aromatic carbocycles. The number of nitrogens with one attached hydrogen (secondary N) is 3. The third-order valence-electron chi connectivity index (χ3n) is 5.00. The van der Waals surface area contributed by atoms with Gasteiger partial charge in [0.25, 0.3) is 15.9 Å². The molecule has 35 heavy (non-hydrogen) atoms. The molecule has 1 heterocycles. The molecule has 1 atom stereocenters. The topological polar surface area (TPSA) is 168 Å². The first-order valence-corrected chi connectivity index (χ1v) is 12.0. The van der Waals surface area contributed by atoms with E-state index < -0.39 is 34.0 Å². The van der Waals surface area contributed by atoms with Crippen molar-refractivity contribution < 1.29 is 32.4 Å². The van der Waals surface area contributed by atoms with Gasteiger partial charge < -0.3 is 20.3 Å². The molecule has 0 aliphatic carbocycles. The van der Waals surface area contributed by atoms with E-state index in [1.807, 2.05) is 4.72 Å². The zero-order chi connectivity index (χ0) is 25.8. The number of benzene rings is 2. The maximum absolute atomic E-state index is 12.4. The normalized spacial score (nSPS) is 12.1. The van der Waals surface area contributed by atoms with Crippen molar-refractivity contribution in [2.45, 2.75) is 31.7 Å². The van der Waals surface area contributed by atoms with Crippen LogP contribution in [0.4, 0.5) is 10.5 Å². The van der Waals surface area contributed by atoms with E-state index in [0.717, 1.165) is 0 Å². The molecule has 184 valence electrons. The Morgan fingerprint density at radius 1 is 1.03 bits per heavy atom. The highest BCUT2D eigenvalue weighted by molar-refractivity contribution is 7.90. The fourth-order valence-electron chi connectivity index (χ4n) is 3.16. The quantitative estimate of drug-likeness (QED) is 0.366. The van der Waals surface area contributed by atoms with Gasteiger partial charge in [0, 0.05) is 17.3 Å². The lowest BCUT2D eigenvalue weighted by Gasteiger charge is -2.16. The number of anilines is 1. The Morgan fingerprint density at radius 2 is 1.69 bits per heavy atom. The summed E-state index contributed by atoms with van der Waals surface area (Å²) >= 11 is 0. The maximum atomic E-state index is 12.4. The number of sulfonamides is 1. The lowest BCUT2D eigenvalue weighted by atomic mass is 10.0. The molecule has 1 aromatic heterocycles. The number of carboxylic acid groups (broad SMARTS) is 1. The minimum absolute atomic E-state index is 0.000518. The van der Waals surface area contributed by atoms with Crippen LogP contribution in [0.15, 0.2) is 64.0 Å². The fraction of sp³-hybridized carbons (Fsp3) is 0.217. The van der Waals surface area contributed by atoms with Crippen LogP contribution in [0.3, 0.4) is 0 Å². The summed E-state index contributed by atoms with van der Waals surface area (Å²) in [6.07, 6.45) is 0. The third-order valence-corrected chi connectivity index (χ3v) is 6.49. The van der Waals surface area contributed by atoms with Crippen LogP contribution in [0.25, 0.3) is 11.3 Å². The van der Waals surface area contributed by atoms with Crippen LogP contribution in [-0.2, 0) is 14.8 Å². The Labute approximate surface area is 201 Å². The van der Waals surface area contributed by atoms with Crippen LogP contribution in [-0.4, -0.2) is 42.6 Å². The minimum atomic E-state index is -4.05. The first kappa shape index (κ1) is 25.4. The van der Waals surface area contributed by atoms with Crippen molar-refractivity contribution in [3.05, 3.63) is 65.9 Å². The van der Waals surface area contributed by atoms with E-state index in [1.54, 1.807) is 51.1 Å². The number of aryl methyl sites for hydroxylation is 1. The van der Waals surface area contributed by atoms with Crippen molar-refractivity contribution in [3.63, 3.8) is 0 Å². The number of hydrogen-bond acceptors (Lipinski definition) is 7. The van der Waals surface area contributed by atoms with Gasteiger partial charge in [0.15, 0.2) is 0 Å². The van der Waals surface area contributed by atoms with Crippen LogP contribution < -0.4 is 15.4 Å². The molecule has 0 saturated heterocycles. The second-order valence-corrected chi connectivity index (χ2v) is 9.66. The van der Waals surface area contributed by atoms with Crippen LogP contribution in [0, 0.1) is 12.8 Å². The molecule has 0 aliphatic rings. The Kier molecular flexibility index (Phi) is 7.55. The second-order valence-electron chi connectivity index (χ2n) is 8.01. The van der Waals surface area contributed by atoms with Gasteiger partial charge in [0.2, 0.25) is 5.76 Å². The minimum Gasteiger partial charge on any atom is -0.480 e. The second kappa shape index (κ2) is 10.4. The summed E-state index contributed by atoms with van der Waals surface area (Å²) in [6, 6.07) is 11.8. The van der Waals surface area contributed by atoms with Crippen LogP contribution in [0.2, 0.25) is 0 Å². The number of urea groups is 1. The molecule has 0 fully saturated rings. The summed E-state index contributed by atoms with van der Waals surface area (Å²) in [5.41, 5.74) is 1.67. The highest BCUT2D eigenvalue weighted by Crippen LogP contribution is 2.22. The Morgan fingerprint density at radius 3 is 2.29 bits per heavy atom. The Bertz CT molecular complexity index is 1350. The molecule has 0 bridgehead atoms. The largest absolute Gasteiger partial charge is 0.480 e. The van der Waals surface area contributed by atoms with Gasteiger partial charge in [-0.25, -0.2) is 22.7 Å². The molecule has 3 amide bonds. The van der Waals surface area contributed by atoms with Gasteiger partial charge in [-0.1, -0.05) is 49.3 Å². The molecule has 0 aliphatic heterocycles. The van der Waals surface area contributed by atoms with Crippen molar-refractivity contribution >= 4 is 33.6 Å². The Balaban J connectivity index is 1.65. The molecular weight excluding hydrogens is 476 g/mol. The van der Waals surface area contributed by atoms with Gasteiger partial charge in [0.05, 0.1) is 4.90 Å². The summed E-state index contributed by atoms with van der Waals surface area (Å²) in [6.45, 7) is 4.96. The van der Waals surface area contributed by atoms with E-state index in [9.17, 15) is 27.9 Å². The van der Waals surface area contributed by atoms with Crippen molar-refractivity contribution in [1.82, 2.24) is 15.2 Å². The number of nitrogens with zero attached hydrogens (tertiary/aromatic N) is 1. The number of hydrogen-bond donors (Lipinski definition) is 4. The lowest BCUT2D eigenvalue weighted by molar-refractivity contribution is -0.140. The van der Waals surface area contributed by atoms with Crippen LogP contribution in [0.1, 0.15) is 30.0 Å². The number of carbonyl (C=O) groups excluding carboxylic acids is 2. The van der Waals surface area contributed by atoms with Crippen LogP contribution in [0.5, 0.6) is 0 Å². The van der Waals surface area contributed by atoms with Crippen molar-refractivity contribution in [2.24, 2.45) is 5.92 Å². The monoisotopic (exact) mass is 500 g/mol. The molecule has 3 rings (SSSR count). The molecular formula is C23H24N4O7S. The van der Waals surface area contributed by atoms with Gasteiger partial charge in [-0.05, 0) is 36.6 Å². The van der Waals surface area contributed by atoms with Crippen molar-refractivity contribution in [3.8, 4) is 11.3 Å². The van der Waals surface area contributed by atoms with Gasteiger partial charge in [-0.15, -0.1) is 0 Å². The highest BCUT2D eigenvalue weighted by Gasteiger charge is 2.26. The van der Waals surface area contributed by atoms with Crippen molar-refractivity contribution in [1.29, 1.82) is 0 Å². The number of carbonyl (C=O) groups is 3. The number of carboxylic acids is 1. The molecule has 0 saturated carbocycles. The molecule has 0 spiro atoms.